The molecule has 0 amide bonds. The van der Waals surface area contributed by atoms with Crippen molar-refractivity contribution in [1.29, 1.82) is 0 Å². The van der Waals surface area contributed by atoms with Gasteiger partial charge in [-0.1, -0.05) is 12.1 Å². The van der Waals surface area contributed by atoms with Crippen molar-refractivity contribution < 1.29 is 13.2 Å². The molecule has 3 rings (SSSR count). The van der Waals surface area contributed by atoms with Crippen molar-refractivity contribution >= 4 is 15.8 Å². The summed E-state index contributed by atoms with van der Waals surface area (Å²) in [6, 6.07) is 9.70. The molecule has 5 nitrogen and oxygen atoms in total. The van der Waals surface area contributed by atoms with E-state index in [1.54, 1.807) is 28.8 Å². The van der Waals surface area contributed by atoms with Gasteiger partial charge in [-0.25, -0.2) is 8.42 Å². The van der Waals surface area contributed by atoms with Gasteiger partial charge in [0.2, 0.25) is 10.0 Å². The summed E-state index contributed by atoms with van der Waals surface area (Å²) in [5.74, 6) is -0.0789. The number of sulfonamides is 1. The maximum Gasteiger partial charge on any atom is 0.243 e. The second kappa shape index (κ2) is 6.22. The minimum Gasteiger partial charge on any atom is -0.295 e. The van der Waals surface area contributed by atoms with Crippen LogP contribution < -0.4 is 0 Å². The molecule has 0 unspecified atom stereocenters. The molecule has 0 N–H and O–H groups in total. The molecule has 0 radical (unpaired) electrons. The highest BCUT2D eigenvalue weighted by Crippen LogP contribution is 2.36. The molecule has 1 aliphatic heterocycles. The van der Waals surface area contributed by atoms with E-state index in [-0.39, 0.29) is 16.7 Å². The van der Waals surface area contributed by atoms with Gasteiger partial charge in [-0.2, -0.15) is 4.31 Å². The Kier molecular flexibility index (Phi) is 4.28. The number of ketones is 1. The number of benzene rings is 1. The summed E-state index contributed by atoms with van der Waals surface area (Å²) < 4.78 is 27.4. The van der Waals surface area contributed by atoms with Gasteiger partial charge in [0.25, 0.3) is 0 Å². The van der Waals surface area contributed by atoms with Crippen LogP contribution in [-0.4, -0.2) is 30.0 Å². The number of aromatic nitrogens is 1. The third kappa shape index (κ3) is 3.04. The molecule has 0 aliphatic carbocycles. The van der Waals surface area contributed by atoms with Crippen LogP contribution in [0.25, 0.3) is 0 Å². The minimum atomic E-state index is -3.58. The van der Waals surface area contributed by atoms with E-state index in [1.165, 1.54) is 19.1 Å². The van der Waals surface area contributed by atoms with Crippen LogP contribution in [0.3, 0.4) is 0 Å². The molecular formula is C17H18N2O3S. The second-order valence-corrected chi connectivity index (χ2v) is 7.53. The number of rotatable bonds is 4. The lowest BCUT2D eigenvalue weighted by atomic mass is 10.1. The van der Waals surface area contributed by atoms with Gasteiger partial charge in [-0.3, -0.25) is 9.78 Å². The van der Waals surface area contributed by atoms with Crippen LogP contribution in [0.5, 0.6) is 0 Å². The second-order valence-electron chi connectivity index (χ2n) is 5.63. The highest BCUT2D eigenvalue weighted by Gasteiger charge is 2.36. The lowest BCUT2D eigenvalue weighted by Crippen LogP contribution is -2.30. The third-order valence-electron chi connectivity index (χ3n) is 4.16. The summed E-state index contributed by atoms with van der Waals surface area (Å²) >= 11 is 0. The maximum atomic E-state index is 12.9. The Labute approximate surface area is 136 Å². The monoisotopic (exact) mass is 330 g/mol. The summed E-state index contributed by atoms with van der Waals surface area (Å²) in [7, 11) is -3.58. The molecule has 1 aromatic carbocycles. The van der Waals surface area contributed by atoms with E-state index in [2.05, 4.69) is 4.98 Å². The van der Waals surface area contributed by atoms with Crippen molar-refractivity contribution in [2.24, 2.45) is 0 Å². The molecule has 0 saturated carbocycles. The Bertz CT molecular complexity index is 801. The van der Waals surface area contributed by atoms with Crippen LogP contribution in [0.2, 0.25) is 0 Å². The summed E-state index contributed by atoms with van der Waals surface area (Å²) in [6.07, 6.45) is 4.99. The van der Waals surface area contributed by atoms with Crippen molar-refractivity contribution in [1.82, 2.24) is 9.29 Å². The van der Waals surface area contributed by atoms with Gasteiger partial charge >= 0.3 is 0 Å². The predicted molar refractivity (Wildman–Crippen MR) is 86.6 cm³/mol. The molecule has 1 aliphatic rings. The first-order chi connectivity index (χ1) is 11.0. The van der Waals surface area contributed by atoms with Crippen LogP contribution in [0.15, 0.2) is 53.7 Å². The van der Waals surface area contributed by atoms with Gasteiger partial charge in [0, 0.05) is 24.5 Å². The molecule has 120 valence electrons. The van der Waals surface area contributed by atoms with Gasteiger partial charge in [0.05, 0.1) is 10.9 Å². The standard InChI is InChI=1S/C17H18N2O3S/c1-13(20)14-4-6-16(7-5-14)23(21,22)19-12-2-3-17(19)15-8-10-18-11-9-15/h4-11,17H,2-3,12H2,1H3/t17-/m1/s1. The molecule has 0 bridgehead atoms. The largest absolute Gasteiger partial charge is 0.295 e. The van der Waals surface area contributed by atoms with Crippen LogP contribution in [0.4, 0.5) is 0 Å². The number of Topliss-reactive ketones (excluding diaryl/α,β-unsaturated/α-hetero) is 1. The fourth-order valence-corrected chi connectivity index (χ4v) is 4.63. The number of carbonyl (C=O) groups is 1. The number of carbonyl (C=O) groups excluding carboxylic acids is 1. The van der Waals surface area contributed by atoms with E-state index in [1.807, 2.05) is 12.1 Å². The first-order valence-corrected chi connectivity index (χ1v) is 8.97. The van der Waals surface area contributed by atoms with Gasteiger partial charge in [0.15, 0.2) is 5.78 Å². The zero-order valence-electron chi connectivity index (χ0n) is 12.8. The van der Waals surface area contributed by atoms with E-state index < -0.39 is 10.0 Å². The molecule has 1 fully saturated rings. The smallest absolute Gasteiger partial charge is 0.243 e. The fraction of sp³-hybridized carbons (Fsp3) is 0.294. The molecule has 1 saturated heterocycles. The fourth-order valence-electron chi connectivity index (χ4n) is 2.94. The summed E-state index contributed by atoms with van der Waals surface area (Å²) in [5, 5.41) is 0. The maximum absolute atomic E-state index is 12.9. The SMILES string of the molecule is CC(=O)c1ccc(S(=O)(=O)N2CCC[C@@H]2c2ccncc2)cc1. The van der Waals surface area contributed by atoms with Crippen molar-refractivity contribution in [3.05, 3.63) is 59.9 Å². The molecule has 2 aromatic rings. The Hall–Kier alpha value is -2.05. The number of nitrogens with zero attached hydrogens (tertiary/aromatic N) is 2. The molecule has 23 heavy (non-hydrogen) atoms. The van der Waals surface area contributed by atoms with Crippen LogP contribution in [0.1, 0.15) is 41.7 Å². The molecular weight excluding hydrogens is 312 g/mol. The van der Waals surface area contributed by atoms with Gasteiger partial charge in [0.1, 0.15) is 0 Å². The average molecular weight is 330 g/mol. The van der Waals surface area contributed by atoms with Crippen molar-refractivity contribution in [3.63, 3.8) is 0 Å². The van der Waals surface area contributed by atoms with Gasteiger partial charge in [-0.15, -0.1) is 0 Å². The van der Waals surface area contributed by atoms with Gasteiger partial charge in [-0.05, 0) is 49.6 Å². The Morgan fingerprint density at radius 2 is 1.78 bits per heavy atom. The average Bonchev–Trinajstić information content (AvgIpc) is 3.06. The Morgan fingerprint density at radius 3 is 2.39 bits per heavy atom. The third-order valence-corrected chi connectivity index (χ3v) is 6.08. The molecule has 2 heterocycles. The van der Waals surface area contributed by atoms with E-state index in [4.69, 9.17) is 0 Å². The molecule has 1 aromatic heterocycles. The van der Waals surface area contributed by atoms with Crippen LogP contribution in [-0.2, 0) is 10.0 Å². The molecule has 0 spiro atoms. The topological polar surface area (TPSA) is 67.3 Å². The molecule has 6 heteroatoms. The predicted octanol–water partition coefficient (Wildman–Crippen LogP) is 2.81. The number of hydrogen-bond donors (Lipinski definition) is 0. The van der Waals surface area contributed by atoms with E-state index in [9.17, 15) is 13.2 Å². The minimum absolute atomic E-state index is 0.0789. The zero-order valence-corrected chi connectivity index (χ0v) is 13.7. The highest BCUT2D eigenvalue weighted by molar-refractivity contribution is 7.89. The van der Waals surface area contributed by atoms with E-state index in [0.717, 1.165) is 18.4 Å². The van der Waals surface area contributed by atoms with Crippen molar-refractivity contribution in [2.75, 3.05) is 6.54 Å². The number of pyridine rings is 1. The number of hydrogen-bond acceptors (Lipinski definition) is 4. The van der Waals surface area contributed by atoms with Gasteiger partial charge < -0.3 is 0 Å². The zero-order chi connectivity index (χ0) is 16.4. The molecule has 1 atom stereocenters. The lowest BCUT2D eigenvalue weighted by molar-refractivity contribution is 0.101. The van der Waals surface area contributed by atoms with E-state index in [0.29, 0.717) is 12.1 Å². The first kappa shape index (κ1) is 15.8. The van der Waals surface area contributed by atoms with Crippen LogP contribution >= 0.6 is 0 Å². The van der Waals surface area contributed by atoms with Crippen molar-refractivity contribution in [2.45, 2.75) is 30.7 Å². The highest BCUT2D eigenvalue weighted by atomic mass is 32.2. The Morgan fingerprint density at radius 1 is 1.13 bits per heavy atom. The van der Waals surface area contributed by atoms with E-state index >= 15 is 0 Å². The normalized spacial score (nSPS) is 18.9. The van der Waals surface area contributed by atoms with Crippen molar-refractivity contribution in [3.8, 4) is 0 Å². The quantitative estimate of drug-likeness (QED) is 0.809. The summed E-state index contributed by atoms with van der Waals surface area (Å²) in [6.45, 7) is 1.97. The summed E-state index contributed by atoms with van der Waals surface area (Å²) in [5.41, 5.74) is 1.47. The Balaban J connectivity index is 1.93. The lowest BCUT2D eigenvalue weighted by Gasteiger charge is -2.24. The van der Waals surface area contributed by atoms with Crippen LogP contribution in [0, 0.1) is 0 Å². The first-order valence-electron chi connectivity index (χ1n) is 7.53. The summed E-state index contributed by atoms with van der Waals surface area (Å²) in [4.78, 5) is 15.5.